The smallest absolute Gasteiger partial charge is 0.303 e. The molecule has 0 aromatic heterocycles. The van der Waals surface area contributed by atoms with Gasteiger partial charge in [-0.2, -0.15) is 0 Å². The number of halogens is 2. The summed E-state index contributed by atoms with van der Waals surface area (Å²) in [4.78, 5) is 22.2. The van der Waals surface area contributed by atoms with Gasteiger partial charge in [-0.1, -0.05) is 11.6 Å². The first-order valence-corrected chi connectivity index (χ1v) is 6.55. The van der Waals surface area contributed by atoms with Crippen LogP contribution in [0.15, 0.2) is 22.7 Å². The molecule has 18 heavy (non-hydrogen) atoms. The summed E-state index contributed by atoms with van der Waals surface area (Å²) in [5.74, 6) is -1.13. The quantitative estimate of drug-likeness (QED) is 0.869. The van der Waals surface area contributed by atoms with Crippen molar-refractivity contribution in [3.05, 3.63) is 33.3 Å². The van der Waals surface area contributed by atoms with Crippen LogP contribution in [0.25, 0.3) is 0 Å². The Labute approximate surface area is 118 Å². The van der Waals surface area contributed by atoms with Gasteiger partial charge in [0.05, 0.1) is 5.02 Å². The van der Waals surface area contributed by atoms with Gasteiger partial charge >= 0.3 is 5.97 Å². The number of rotatable bonds is 5. The van der Waals surface area contributed by atoms with Crippen molar-refractivity contribution < 1.29 is 14.7 Å². The van der Waals surface area contributed by atoms with Crippen LogP contribution in [0.4, 0.5) is 0 Å². The SMILES string of the molecule is CC(CCC(=O)O)NC(=O)c1ccc(Br)c(Cl)c1. The van der Waals surface area contributed by atoms with Crippen molar-refractivity contribution in [1.82, 2.24) is 5.32 Å². The predicted molar refractivity (Wildman–Crippen MR) is 73.0 cm³/mol. The maximum atomic E-state index is 11.8. The van der Waals surface area contributed by atoms with Crippen molar-refractivity contribution in [2.45, 2.75) is 25.8 Å². The van der Waals surface area contributed by atoms with Gasteiger partial charge in [0.25, 0.3) is 5.91 Å². The first kappa shape index (κ1) is 15.0. The highest BCUT2D eigenvalue weighted by molar-refractivity contribution is 9.10. The van der Waals surface area contributed by atoms with E-state index in [0.29, 0.717) is 17.0 Å². The van der Waals surface area contributed by atoms with Crippen LogP contribution in [0, 0.1) is 0 Å². The molecule has 0 saturated carbocycles. The minimum absolute atomic E-state index is 0.0303. The Morgan fingerprint density at radius 2 is 2.17 bits per heavy atom. The van der Waals surface area contributed by atoms with Gasteiger partial charge in [-0.25, -0.2) is 0 Å². The van der Waals surface area contributed by atoms with Crippen LogP contribution in [0.2, 0.25) is 5.02 Å². The highest BCUT2D eigenvalue weighted by Crippen LogP contribution is 2.23. The Balaban J connectivity index is 2.59. The molecule has 1 rings (SSSR count). The number of carbonyl (C=O) groups is 2. The van der Waals surface area contributed by atoms with Gasteiger partial charge in [-0.3, -0.25) is 9.59 Å². The maximum Gasteiger partial charge on any atom is 0.303 e. The van der Waals surface area contributed by atoms with Gasteiger partial charge in [-0.05, 0) is 47.5 Å². The van der Waals surface area contributed by atoms with Crippen molar-refractivity contribution in [2.24, 2.45) is 0 Å². The summed E-state index contributed by atoms with van der Waals surface area (Å²) in [7, 11) is 0. The van der Waals surface area contributed by atoms with E-state index in [9.17, 15) is 9.59 Å². The molecule has 1 unspecified atom stereocenters. The van der Waals surface area contributed by atoms with E-state index >= 15 is 0 Å². The summed E-state index contributed by atoms with van der Waals surface area (Å²) in [6.45, 7) is 1.77. The molecule has 1 atom stereocenters. The van der Waals surface area contributed by atoms with Gasteiger partial charge in [0, 0.05) is 22.5 Å². The topological polar surface area (TPSA) is 66.4 Å². The van der Waals surface area contributed by atoms with E-state index in [0.717, 1.165) is 4.47 Å². The minimum Gasteiger partial charge on any atom is -0.481 e. The first-order valence-electron chi connectivity index (χ1n) is 5.38. The number of carboxylic acids is 1. The number of aliphatic carboxylic acids is 1. The molecule has 0 aliphatic carbocycles. The second-order valence-corrected chi connectivity index (χ2v) is 5.20. The monoisotopic (exact) mass is 333 g/mol. The summed E-state index contributed by atoms with van der Waals surface area (Å²) in [6, 6.07) is 4.70. The van der Waals surface area contributed by atoms with Crippen LogP contribution in [-0.4, -0.2) is 23.0 Å². The Bertz CT molecular complexity index is 465. The van der Waals surface area contributed by atoms with Crippen molar-refractivity contribution >= 4 is 39.4 Å². The summed E-state index contributed by atoms with van der Waals surface area (Å²) >= 11 is 9.13. The number of benzene rings is 1. The number of carboxylic acid groups (broad SMARTS) is 1. The largest absolute Gasteiger partial charge is 0.481 e. The van der Waals surface area contributed by atoms with Crippen LogP contribution in [0.5, 0.6) is 0 Å². The Kier molecular flexibility index (Phi) is 5.62. The molecule has 0 saturated heterocycles. The number of hydrogen-bond donors (Lipinski definition) is 2. The molecule has 0 fully saturated rings. The lowest BCUT2D eigenvalue weighted by Gasteiger charge is -2.13. The molecule has 0 bridgehead atoms. The average Bonchev–Trinajstić information content (AvgIpc) is 2.30. The molecule has 1 aromatic carbocycles. The first-order chi connectivity index (χ1) is 8.40. The van der Waals surface area contributed by atoms with Crippen LogP contribution < -0.4 is 5.32 Å². The van der Waals surface area contributed by atoms with Crippen LogP contribution in [-0.2, 0) is 4.79 Å². The van der Waals surface area contributed by atoms with E-state index in [2.05, 4.69) is 21.2 Å². The summed E-state index contributed by atoms with van der Waals surface area (Å²) < 4.78 is 0.722. The van der Waals surface area contributed by atoms with Gasteiger partial charge < -0.3 is 10.4 Å². The molecule has 6 heteroatoms. The van der Waals surface area contributed by atoms with Crippen LogP contribution >= 0.6 is 27.5 Å². The third-order valence-corrected chi connectivity index (χ3v) is 3.58. The summed E-state index contributed by atoms with van der Waals surface area (Å²) in [5.41, 5.74) is 0.449. The predicted octanol–water partition coefficient (Wildman–Crippen LogP) is 3.09. The van der Waals surface area contributed by atoms with E-state index in [4.69, 9.17) is 16.7 Å². The molecule has 4 nitrogen and oxygen atoms in total. The number of amides is 1. The highest BCUT2D eigenvalue weighted by atomic mass is 79.9. The second-order valence-electron chi connectivity index (χ2n) is 3.94. The number of hydrogen-bond acceptors (Lipinski definition) is 2. The molecule has 0 radical (unpaired) electrons. The fourth-order valence-electron chi connectivity index (χ4n) is 1.36. The lowest BCUT2D eigenvalue weighted by atomic mass is 10.1. The fourth-order valence-corrected chi connectivity index (χ4v) is 1.78. The maximum absolute atomic E-state index is 11.8. The molecule has 0 heterocycles. The molecule has 0 aliphatic heterocycles. The number of nitrogens with one attached hydrogen (secondary N) is 1. The lowest BCUT2D eigenvalue weighted by molar-refractivity contribution is -0.137. The van der Waals surface area contributed by atoms with E-state index in [-0.39, 0.29) is 18.4 Å². The van der Waals surface area contributed by atoms with E-state index in [1.807, 2.05) is 0 Å². The normalized spacial score (nSPS) is 11.9. The molecule has 2 N–H and O–H groups in total. The van der Waals surface area contributed by atoms with Crippen molar-refractivity contribution in [1.29, 1.82) is 0 Å². The zero-order valence-electron chi connectivity index (χ0n) is 9.74. The zero-order chi connectivity index (χ0) is 13.7. The van der Waals surface area contributed by atoms with E-state index < -0.39 is 5.97 Å². The summed E-state index contributed by atoms with van der Waals surface area (Å²) in [6.07, 6.45) is 0.424. The van der Waals surface area contributed by atoms with Gasteiger partial charge in [0.15, 0.2) is 0 Å². The summed E-state index contributed by atoms with van der Waals surface area (Å²) in [5, 5.41) is 11.7. The van der Waals surface area contributed by atoms with E-state index in [1.165, 1.54) is 0 Å². The molecular formula is C12H13BrClNO3. The Morgan fingerprint density at radius 3 is 2.72 bits per heavy atom. The molecule has 0 spiro atoms. The van der Waals surface area contributed by atoms with Gasteiger partial charge in [-0.15, -0.1) is 0 Å². The van der Waals surface area contributed by atoms with Crippen molar-refractivity contribution in [3.8, 4) is 0 Å². The van der Waals surface area contributed by atoms with Gasteiger partial charge in [0.1, 0.15) is 0 Å². The fraction of sp³-hybridized carbons (Fsp3) is 0.333. The molecule has 98 valence electrons. The molecule has 1 aromatic rings. The van der Waals surface area contributed by atoms with Crippen molar-refractivity contribution in [3.63, 3.8) is 0 Å². The second kappa shape index (κ2) is 6.75. The third-order valence-electron chi connectivity index (χ3n) is 2.35. The van der Waals surface area contributed by atoms with Crippen LogP contribution in [0.1, 0.15) is 30.1 Å². The van der Waals surface area contributed by atoms with Crippen LogP contribution in [0.3, 0.4) is 0 Å². The molecule has 0 aliphatic rings. The lowest BCUT2D eigenvalue weighted by Crippen LogP contribution is -2.32. The standard InChI is InChI=1S/C12H13BrClNO3/c1-7(2-5-11(16)17)15-12(18)8-3-4-9(13)10(14)6-8/h3-4,6-7H,2,5H2,1H3,(H,15,18)(H,16,17). The average molecular weight is 335 g/mol. The number of carbonyl (C=O) groups excluding carboxylic acids is 1. The Hall–Kier alpha value is -1.07. The highest BCUT2D eigenvalue weighted by Gasteiger charge is 2.12. The van der Waals surface area contributed by atoms with Gasteiger partial charge in [0.2, 0.25) is 0 Å². The minimum atomic E-state index is -0.872. The molecular weight excluding hydrogens is 321 g/mol. The van der Waals surface area contributed by atoms with E-state index in [1.54, 1.807) is 25.1 Å². The zero-order valence-corrected chi connectivity index (χ0v) is 12.1. The third kappa shape index (κ3) is 4.66. The van der Waals surface area contributed by atoms with Crippen molar-refractivity contribution in [2.75, 3.05) is 0 Å². The Morgan fingerprint density at radius 1 is 1.50 bits per heavy atom. The molecule has 1 amide bonds.